The van der Waals surface area contributed by atoms with E-state index in [1.807, 2.05) is 12.1 Å². The Bertz CT molecular complexity index is 377. The van der Waals surface area contributed by atoms with E-state index in [2.05, 4.69) is 26.0 Å². The van der Waals surface area contributed by atoms with E-state index in [0.717, 1.165) is 5.56 Å². The van der Waals surface area contributed by atoms with Gasteiger partial charge < -0.3 is 10.2 Å². The Kier molecular flexibility index (Phi) is 4.29. The minimum Gasteiger partial charge on any atom is -0.479 e. The molecular weight excluding hydrogens is 216 g/mol. The van der Waals surface area contributed by atoms with Crippen LogP contribution in [0.1, 0.15) is 44.2 Å². The molecule has 17 heavy (non-hydrogen) atoms. The van der Waals surface area contributed by atoms with Crippen LogP contribution in [0.4, 0.5) is 0 Å². The second kappa shape index (κ2) is 5.32. The van der Waals surface area contributed by atoms with Crippen LogP contribution in [0.25, 0.3) is 0 Å². The van der Waals surface area contributed by atoms with Gasteiger partial charge >= 0.3 is 5.97 Å². The van der Waals surface area contributed by atoms with Crippen LogP contribution in [0, 0.1) is 0 Å². The fourth-order valence-corrected chi connectivity index (χ4v) is 1.56. The van der Waals surface area contributed by atoms with Crippen molar-refractivity contribution in [2.24, 2.45) is 0 Å². The minimum absolute atomic E-state index is 0.226. The molecule has 0 bridgehead atoms. The van der Waals surface area contributed by atoms with Gasteiger partial charge in [0.25, 0.3) is 0 Å². The molecule has 0 aliphatic rings. The highest BCUT2D eigenvalue weighted by molar-refractivity contribution is 5.76. The zero-order valence-electron chi connectivity index (χ0n) is 10.6. The standard InChI is InChI=1S/C14H20O3/c1-10(2)12-6-4-11(5-7-12)8-9-14(3,17)13(15)16/h4-7,10,17H,8-9H2,1-3H3,(H,15,16). The lowest BCUT2D eigenvalue weighted by Gasteiger charge is -2.17. The molecule has 94 valence electrons. The van der Waals surface area contributed by atoms with Crippen LogP contribution in [0.2, 0.25) is 0 Å². The average Bonchev–Trinajstić information content (AvgIpc) is 2.27. The topological polar surface area (TPSA) is 57.5 Å². The van der Waals surface area contributed by atoms with E-state index >= 15 is 0 Å². The molecule has 0 aliphatic carbocycles. The second-order valence-electron chi connectivity index (χ2n) is 4.98. The van der Waals surface area contributed by atoms with E-state index in [1.54, 1.807) is 0 Å². The number of hydrogen-bond acceptors (Lipinski definition) is 2. The number of carboxylic acids is 1. The summed E-state index contributed by atoms with van der Waals surface area (Å²) in [7, 11) is 0. The highest BCUT2D eigenvalue weighted by Gasteiger charge is 2.29. The van der Waals surface area contributed by atoms with Crippen LogP contribution in [0.5, 0.6) is 0 Å². The molecule has 1 aromatic rings. The van der Waals surface area contributed by atoms with E-state index < -0.39 is 11.6 Å². The SMILES string of the molecule is CC(C)c1ccc(CCC(C)(O)C(=O)O)cc1. The van der Waals surface area contributed by atoms with Crippen molar-refractivity contribution in [3.8, 4) is 0 Å². The fourth-order valence-electron chi connectivity index (χ4n) is 1.56. The predicted octanol–water partition coefficient (Wildman–Crippen LogP) is 2.58. The van der Waals surface area contributed by atoms with Crippen LogP contribution < -0.4 is 0 Å². The van der Waals surface area contributed by atoms with Crippen LogP contribution in [-0.4, -0.2) is 21.8 Å². The van der Waals surface area contributed by atoms with E-state index in [1.165, 1.54) is 12.5 Å². The Labute approximate surface area is 102 Å². The van der Waals surface area contributed by atoms with Gasteiger partial charge in [-0.3, -0.25) is 0 Å². The van der Waals surface area contributed by atoms with Gasteiger partial charge in [0.1, 0.15) is 0 Å². The lowest BCUT2D eigenvalue weighted by molar-refractivity contribution is -0.157. The number of hydrogen-bond donors (Lipinski definition) is 2. The molecule has 1 atom stereocenters. The van der Waals surface area contributed by atoms with Crippen molar-refractivity contribution in [3.05, 3.63) is 35.4 Å². The molecule has 3 heteroatoms. The molecule has 1 rings (SSSR count). The van der Waals surface area contributed by atoms with Crippen LogP contribution in [0.15, 0.2) is 24.3 Å². The van der Waals surface area contributed by atoms with Crippen molar-refractivity contribution < 1.29 is 15.0 Å². The van der Waals surface area contributed by atoms with Gasteiger partial charge in [0.2, 0.25) is 0 Å². The molecule has 0 radical (unpaired) electrons. The van der Waals surface area contributed by atoms with E-state index in [0.29, 0.717) is 12.3 Å². The summed E-state index contributed by atoms with van der Waals surface area (Å²) in [5, 5.41) is 18.4. The first-order chi connectivity index (χ1) is 7.83. The summed E-state index contributed by atoms with van der Waals surface area (Å²) in [6.07, 6.45) is 0.793. The normalized spacial score (nSPS) is 14.6. The minimum atomic E-state index is -1.64. The molecule has 0 saturated carbocycles. The Morgan fingerprint density at radius 1 is 1.29 bits per heavy atom. The van der Waals surface area contributed by atoms with Crippen molar-refractivity contribution in [2.45, 2.75) is 45.1 Å². The summed E-state index contributed by atoms with van der Waals surface area (Å²) >= 11 is 0. The molecule has 0 saturated heterocycles. The fraction of sp³-hybridized carbons (Fsp3) is 0.500. The van der Waals surface area contributed by atoms with Gasteiger partial charge in [0.15, 0.2) is 5.60 Å². The third-order valence-corrected chi connectivity index (χ3v) is 3.01. The maximum absolute atomic E-state index is 10.7. The van der Waals surface area contributed by atoms with Crippen molar-refractivity contribution in [1.82, 2.24) is 0 Å². The molecule has 2 N–H and O–H groups in total. The van der Waals surface area contributed by atoms with Gasteiger partial charge in [-0.25, -0.2) is 4.79 Å². The number of aliphatic carboxylic acids is 1. The summed E-state index contributed by atoms with van der Waals surface area (Å²) in [4.78, 5) is 10.7. The smallest absolute Gasteiger partial charge is 0.335 e. The lowest BCUT2D eigenvalue weighted by atomic mass is 9.95. The maximum Gasteiger partial charge on any atom is 0.335 e. The molecule has 0 aromatic heterocycles. The Balaban J connectivity index is 2.62. The van der Waals surface area contributed by atoms with Crippen molar-refractivity contribution in [2.75, 3.05) is 0 Å². The van der Waals surface area contributed by atoms with Crippen LogP contribution >= 0.6 is 0 Å². The summed E-state index contributed by atoms with van der Waals surface area (Å²) in [6, 6.07) is 8.09. The van der Waals surface area contributed by atoms with Crippen molar-refractivity contribution >= 4 is 5.97 Å². The predicted molar refractivity (Wildman–Crippen MR) is 67.1 cm³/mol. The van der Waals surface area contributed by atoms with Gasteiger partial charge in [-0.1, -0.05) is 38.1 Å². The molecule has 1 unspecified atom stereocenters. The lowest BCUT2D eigenvalue weighted by Crippen LogP contribution is -2.35. The molecule has 0 aliphatic heterocycles. The van der Waals surface area contributed by atoms with Crippen LogP contribution in [-0.2, 0) is 11.2 Å². The molecule has 0 spiro atoms. The zero-order chi connectivity index (χ0) is 13.1. The molecular formula is C14H20O3. The van der Waals surface area contributed by atoms with Gasteiger partial charge in [0.05, 0.1) is 0 Å². The second-order valence-corrected chi connectivity index (χ2v) is 4.98. The Morgan fingerprint density at radius 2 is 1.82 bits per heavy atom. The number of carbonyl (C=O) groups is 1. The highest BCUT2D eigenvalue weighted by Crippen LogP contribution is 2.18. The van der Waals surface area contributed by atoms with E-state index in [4.69, 9.17) is 5.11 Å². The Hall–Kier alpha value is -1.35. The third kappa shape index (κ3) is 3.86. The summed E-state index contributed by atoms with van der Waals surface area (Å²) < 4.78 is 0. The number of rotatable bonds is 5. The zero-order valence-corrected chi connectivity index (χ0v) is 10.6. The highest BCUT2D eigenvalue weighted by atomic mass is 16.4. The van der Waals surface area contributed by atoms with Gasteiger partial charge in [-0.15, -0.1) is 0 Å². The first-order valence-electron chi connectivity index (χ1n) is 5.87. The maximum atomic E-state index is 10.7. The number of aryl methyl sites for hydroxylation is 1. The van der Waals surface area contributed by atoms with Gasteiger partial charge in [-0.2, -0.15) is 0 Å². The van der Waals surface area contributed by atoms with Crippen LogP contribution in [0.3, 0.4) is 0 Å². The Morgan fingerprint density at radius 3 is 2.24 bits per heavy atom. The summed E-state index contributed by atoms with van der Waals surface area (Å²) in [5.74, 6) is -0.678. The quantitative estimate of drug-likeness (QED) is 0.826. The van der Waals surface area contributed by atoms with Gasteiger partial charge in [-0.05, 0) is 36.8 Å². The molecule has 0 heterocycles. The number of benzene rings is 1. The number of carboxylic acid groups (broad SMARTS) is 1. The monoisotopic (exact) mass is 236 g/mol. The van der Waals surface area contributed by atoms with Crippen molar-refractivity contribution in [1.29, 1.82) is 0 Å². The number of aliphatic hydroxyl groups is 1. The first kappa shape index (κ1) is 13.7. The molecule has 3 nitrogen and oxygen atoms in total. The molecule has 1 aromatic carbocycles. The third-order valence-electron chi connectivity index (χ3n) is 3.01. The average molecular weight is 236 g/mol. The van der Waals surface area contributed by atoms with E-state index in [-0.39, 0.29) is 6.42 Å². The summed E-state index contributed by atoms with van der Waals surface area (Å²) in [5.41, 5.74) is 0.672. The first-order valence-corrected chi connectivity index (χ1v) is 5.87. The van der Waals surface area contributed by atoms with Gasteiger partial charge in [0, 0.05) is 0 Å². The van der Waals surface area contributed by atoms with E-state index in [9.17, 15) is 9.90 Å². The molecule has 0 fully saturated rings. The van der Waals surface area contributed by atoms with Crippen molar-refractivity contribution in [3.63, 3.8) is 0 Å². The summed E-state index contributed by atoms with van der Waals surface area (Å²) in [6.45, 7) is 5.59. The molecule has 0 amide bonds. The largest absolute Gasteiger partial charge is 0.479 e.